The molecule has 0 radical (unpaired) electrons. The van der Waals surface area contributed by atoms with E-state index in [0.29, 0.717) is 12.5 Å². The van der Waals surface area contributed by atoms with Crippen LogP contribution in [-0.2, 0) is 4.79 Å². The van der Waals surface area contributed by atoms with Gasteiger partial charge in [-0.2, -0.15) is 0 Å². The van der Waals surface area contributed by atoms with Gasteiger partial charge >= 0.3 is 0 Å². The number of anilines is 1. The summed E-state index contributed by atoms with van der Waals surface area (Å²) >= 11 is 0. The number of hydrogen-bond acceptors (Lipinski definition) is 2. The first-order valence-corrected chi connectivity index (χ1v) is 5.57. The number of halogens is 1. The fraction of sp³-hybridized carbons (Fsp3) is 0.462. The summed E-state index contributed by atoms with van der Waals surface area (Å²) < 4.78 is 0. The summed E-state index contributed by atoms with van der Waals surface area (Å²) in [6.07, 6.45) is 0. The van der Waals surface area contributed by atoms with E-state index in [-0.39, 0.29) is 18.3 Å². The normalized spacial score (nSPS) is 9.94. The van der Waals surface area contributed by atoms with Crippen LogP contribution in [0.3, 0.4) is 0 Å². The van der Waals surface area contributed by atoms with Crippen LogP contribution in [0.15, 0.2) is 24.3 Å². The second kappa shape index (κ2) is 7.30. The molecule has 17 heavy (non-hydrogen) atoms. The molecule has 1 rings (SSSR count). The zero-order chi connectivity index (χ0) is 12.1. The molecule has 1 N–H and O–H groups in total. The first-order valence-electron chi connectivity index (χ1n) is 5.57. The minimum absolute atomic E-state index is 0. The summed E-state index contributed by atoms with van der Waals surface area (Å²) in [5, 5.41) is 2.86. The molecule has 0 aromatic heterocycles. The van der Waals surface area contributed by atoms with E-state index >= 15 is 0 Å². The Kier molecular flexibility index (Phi) is 6.85. The van der Waals surface area contributed by atoms with E-state index in [1.807, 2.05) is 12.1 Å². The second-order valence-electron chi connectivity index (χ2n) is 4.23. The molecule has 0 saturated heterocycles. The Morgan fingerprint density at radius 2 is 2.06 bits per heavy atom. The van der Waals surface area contributed by atoms with Gasteiger partial charge in [-0.1, -0.05) is 26.0 Å². The molecule has 0 atom stereocenters. The van der Waals surface area contributed by atoms with E-state index in [1.165, 1.54) is 5.56 Å². The number of hydrogen-bond donors (Lipinski definition) is 1. The van der Waals surface area contributed by atoms with Crippen LogP contribution in [0.4, 0.5) is 5.69 Å². The van der Waals surface area contributed by atoms with Gasteiger partial charge in [-0.05, 0) is 30.7 Å². The van der Waals surface area contributed by atoms with Crippen molar-refractivity contribution in [2.24, 2.45) is 0 Å². The van der Waals surface area contributed by atoms with E-state index in [4.69, 9.17) is 0 Å². The van der Waals surface area contributed by atoms with Crippen LogP contribution in [0.2, 0.25) is 0 Å². The average Bonchev–Trinajstić information content (AvgIpc) is 2.28. The minimum Gasteiger partial charge on any atom is -0.314 e. The number of amides is 1. The lowest BCUT2D eigenvalue weighted by molar-refractivity contribution is -0.117. The predicted molar refractivity (Wildman–Crippen MR) is 75.1 cm³/mol. The van der Waals surface area contributed by atoms with E-state index in [1.54, 1.807) is 19.0 Å². The number of carbonyl (C=O) groups excluding carboxylic acids is 1. The molecule has 1 aromatic carbocycles. The first-order chi connectivity index (χ1) is 7.56. The van der Waals surface area contributed by atoms with Gasteiger partial charge in [0.1, 0.15) is 0 Å². The summed E-state index contributed by atoms with van der Waals surface area (Å²) in [6, 6.07) is 8.11. The van der Waals surface area contributed by atoms with Crippen molar-refractivity contribution in [2.45, 2.75) is 19.8 Å². The van der Waals surface area contributed by atoms with Crippen molar-refractivity contribution in [3.63, 3.8) is 0 Å². The van der Waals surface area contributed by atoms with Crippen molar-refractivity contribution in [1.82, 2.24) is 5.32 Å². The quantitative estimate of drug-likeness (QED) is 0.897. The first kappa shape index (κ1) is 15.9. The van der Waals surface area contributed by atoms with Gasteiger partial charge in [0.15, 0.2) is 0 Å². The van der Waals surface area contributed by atoms with Gasteiger partial charge in [0.05, 0.1) is 6.54 Å². The molecule has 1 amide bonds. The van der Waals surface area contributed by atoms with E-state index in [0.717, 1.165) is 5.69 Å². The molecule has 96 valence electrons. The Morgan fingerprint density at radius 3 is 2.59 bits per heavy atom. The Morgan fingerprint density at radius 1 is 1.41 bits per heavy atom. The maximum Gasteiger partial charge on any atom is 0.240 e. The van der Waals surface area contributed by atoms with Crippen LogP contribution >= 0.6 is 12.4 Å². The Hall–Kier alpha value is -1.06. The van der Waals surface area contributed by atoms with Gasteiger partial charge in [0.25, 0.3) is 0 Å². The third-order valence-electron chi connectivity index (χ3n) is 2.63. The summed E-state index contributed by atoms with van der Waals surface area (Å²) in [5.74, 6) is 0.552. The lowest BCUT2D eigenvalue weighted by Gasteiger charge is -2.18. The largest absolute Gasteiger partial charge is 0.314 e. The highest BCUT2D eigenvalue weighted by molar-refractivity contribution is 5.94. The maximum absolute atomic E-state index is 11.7. The molecule has 0 bridgehead atoms. The van der Waals surface area contributed by atoms with Crippen molar-refractivity contribution < 1.29 is 4.79 Å². The topological polar surface area (TPSA) is 32.3 Å². The zero-order valence-electron chi connectivity index (χ0n) is 10.9. The molecule has 0 heterocycles. The number of benzene rings is 1. The molecular weight excluding hydrogens is 236 g/mol. The molecule has 0 unspecified atom stereocenters. The van der Waals surface area contributed by atoms with Gasteiger partial charge in [0, 0.05) is 12.7 Å². The number of nitrogens with one attached hydrogen (secondary N) is 1. The highest BCUT2D eigenvalue weighted by Gasteiger charge is 2.10. The Bertz CT molecular complexity index is 366. The molecule has 0 aliphatic heterocycles. The van der Waals surface area contributed by atoms with Gasteiger partial charge in [-0.15, -0.1) is 12.4 Å². The van der Waals surface area contributed by atoms with E-state index < -0.39 is 0 Å². The number of rotatable bonds is 4. The highest BCUT2D eigenvalue weighted by Crippen LogP contribution is 2.20. The summed E-state index contributed by atoms with van der Waals surface area (Å²) in [7, 11) is 3.58. The smallest absolute Gasteiger partial charge is 0.240 e. The molecule has 3 nitrogen and oxygen atoms in total. The molecule has 0 saturated carbocycles. The summed E-state index contributed by atoms with van der Waals surface area (Å²) in [5.41, 5.74) is 2.20. The lowest BCUT2D eigenvalue weighted by atomic mass is 10.0. The molecule has 0 aliphatic rings. The van der Waals surface area contributed by atoms with E-state index in [2.05, 4.69) is 31.3 Å². The van der Waals surface area contributed by atoms with Crippen LogP contribution in [0.1, 0.15) is 25.3 Å². The van der Waals surface area contributed by atoms with Gasteiger partial charge < -0.3 is 10.2 Å². The van der Waals surface area contributed by atoms with Crippen molar-refractivity contribution >= 4 is 24.0 Å². The SMILES string of the molecule is CNCC(=O)N(C)c1cccc(C(C)C)c1.Cl. The third-order valence-corrected chi connectivity index (χ3v) is 2.63. The van der Waals surface area contributed by atoms with Crippen LogP contribution in [-0.4, -0.2) is 26.5 Å². The number of carbonyl (C=O) groups is 1. The van der Waals surface area contributed by atoms with Crippen LogP contribution < -0.4 is 10.2 Å². The monoisotopic (exact) mass is 256 g/mol. The second-order valence-corrected chi connectivity index (χ2v) is 4.23. The number of likely N-dealkylation sites (N-methyl/N-ethyl adjacent to an activating group) is 2. The van der Waals surface area contributed by atoms with Crippen molar-refractivity contribution in [2.75, 3.05) is 25.5 Å². The molecule has 4 heteroatoms. The molecule has 0 fully saturated rings. The summed E-state index contributed by atoms with van der Waals surface area (Å²) in [4.78, 5) is 13.4. The number of nitrogens with zero attached hydrogens (tertiary/aromatic N) is 1. The fourth-order valence-electron chi connectivity index (χ4n) is 1.51. The average molecular weight is 257 g/mol. The zero-order valence-corrected chi connectivity index (χ0v) is 11.7. The van der Waals surface area contributed by atoms with Gasteiger partial charge in [0.2, 0.25) is 5.91 Å². The predicted octanol–water partition coefficient (Wildman–Crippen LogP) is 2.41. The lowest BCUT2D eigenvalue weighted by Crippen LogP contribution is -2.34. The van der Waals surface area contributed by atoms with Gasteiger partial charge in [-0.25, -0.2) is 0 Å². The fourth-order valence-corrected chi connectivity index (χ4v) is 1.51. The van der Waals surface area contributed by atoms with Crippen LogP contribution in [0.5, 0.6) is 0 Å². The standard InChI is InChI=1S/C13H20N2O.ClH/c1-10(2)11-6-5-7-12(8-11)15(4)13(16)9-14-3;/h5-8,10,14H,9H2,1-4H3;1H. The van der Waals surface area contributed by atoms with E-state index in [9.17, 15) is 4.79 Å². The van der Waals surface area contributed by atoms with Crippen molar-refractivity contribution in [3.8, 4) is 0 Å². The highest BCUT2D eigenvalue weighted by atomic mass is 35.5. The van der Waals surface area contributed by atoms with Crippen LogP contribution in [0.25, 0.3) is 0 Å². The maximum atomic E-state index is 11.7. The molecule has 0 aliphatic carbocycles. The minimum atomic E-state index is 0. The third kappa shape index (κ3) is 4.36. The molecule has 1 aromatic rings. The van der Waals surface area contributed by atoms with Crippen molar-refractivity contribution in [1.29, 1.82) is 0 Å². The van der Waals surface area contributed by atoms with Crippen LogP contribution in [0, 0.1) is 0 Å². The Labute approximate surface area is 110 Å². The molecular formula is C13H21ClN2O. The Balaban J connectivity index is 0.00000256. The summed E-state index contributed by atoms with van der Waals surface area (Å²) in [6.45, 7) is 4.66. The van der Waals surface area contributed by atoms with Crippen molar-refractivity contribution in [3.05, 3.63) is 29.8 Å². The molecule has 0 spiro atoms. The van der Waals surface area contributed by atoms with Gasteiger partial charge in [-0.3, -0.25) is 4.79 Å².